The Balaban J connectivity index is 2.34. The lowest BCUT2D eigenvalue weighted by atomic mass is 10.3. The molecule has 0 unspecified atom stereocenters. The van der Waals surface area contributed by atoms with Crippen molar-refractivity contribution >= 4 is 0 Å². The first kappa shape index (κ1) is 8.49. The van der Waals surface area contributed by atoms with Gasteiger partial charge in [-0.25, -0.2) is 9.78 Å². The Morgan fingerprint density at radius 2 is 2.14 bits per heavy atom. The molecule has 0 aliphatic carbocycles. The summed E-state index contributed by atoms with van der Waals surface area (Å²) in [4.78, 5) is 33.3. The first-order valence-corrected chi connectivity index (χ1v) is 4.05. The van der Waals surface area contributed by atoms with Crippen LogP contribution in [0.25, 0.3) is 0 Å². The maximum absolute atomic E-state index is 10.9. The van der Waals surface area contributed by atoms with E-state index < -0.39 is 11.2 Å². The lowest BCUT2D eigenvalue weighted by Crippen LogP contribution is -2.23. The van der Waals surface area contributed by atoms with Crippen LogP contribution in [0.1, 0.15) is 11.5 Å². The van der Waals surface area contributed by atoms with Gasteiger partial charge in [-0.2, -0.15) is 0 Å². The molecule has 0 amide bonds. The molecule has 0 fully saturated rings. The molecule has 3 N–H and O–H groups in total. The lowest BCUT2D eigenvalue weighted by molar-refractivity contribution is 0.916. The molecular weight excluding hydrogens is 184 g/mol. The highest BCUT2D eigenvalue weighted by atomic mass is 16.2. The Morgan fingerprint density at radius 3 is 2.79 bits per heavy atom. The van der Waals surface area contributed by atoms with Gasteiger partial charge in [-0.15, -0.1) is 0 Å². The molecule has 0 spiro atoms. The van der Waals surface area contributed by atoms with Gasteiger partial charge >= 0.3 is 5.69 Å². The average Bonchev–Trinajstić information content (AvgIpc) is 2.54. The van der Waals surface area contributed by atoms with E-state index >= 15 is 0 Å². The van der Waals surface area contributed by atoms with Crippen LogP contribution in [0.4, 0.5) is 0 Å². The maximum atomic E-state index is 10.9. The molecule has 2 aromatic heterocycles. The summed E-state index contributed by atoms with van der Waals surface area (Å²) >= 11 is 0. The minimum absolute atomic E-state index is 0.407. The van der Waals surface area contributed by atoms with Gasteiger partial charge < -0.3 is 9.97 Å². The largest absolute Gasteiger partial charge is 0.348 e. The molecule has 2 heterocycles. The fraction of sp³-hybridized carbons (Fsp3) is 0.125. The summed E-state index contributed by atoms with van der Waals surface area (Å²) in [6, 6.07) is 1.34. The quantitative estimate of drug-likeness (QED) is 0.591. The molecule has 0 atom stereocenters. The summed E-state index contributed by atoms with van der Waals surface area (Å²) in [5.74, 6) is 0.700. The van der Waals surface area contributed by atoms with Gasteiger partial charge in [-0.05, 0) is 0 Å². The van der Waals surface area contributed by atoms with E-state index in [4.69, 9.17) is 0 Å². The molecule has 0 bridgehead atoms. The molecule has 0 saturated carbocycles. The molecule has 0 aliphatic heterocycles. The predicted molar refractivity (Wildman–Crippen MR) is 49.1 cm³/mol. The fourth-order valence-electron chi connectivity index (χ4n) is 1.19. The molecule has 6 nitrogen and oxygen atoms in total. The molecule has 72 valence electrons. The number of nitrogens with one attached hydrogen (secondary N) is 3. The normalized spacial score (nSPS) is 10.3. The van der Waals surface area contributed by atoms with Gasteiger partial charge in [-0.1, -0.05) is 0 Å². The Labute approximate surface area is 78.0 Å². The summed E-state index contributed by atoms with van der Waals surface area (Å²) in [6.07, 6.45) is 3.70. The highest BCUT2D eigenvalue weighted by Crippen LogP contribution is 1.96. The summed E-state index contributed by atoms with van der Waals surface area (Å²) in [5.41, 5.74) is -0.372. The third-order valence-electron chi connectivity index (χ3n) is 1.73. The minimum Gasteiger partial charge on any atom is -0.348 e. The van der Waals surface area contributed by atoms with Crippen molar-refractivity contribution in [3.8, 4) is 0 Å². The van der Waals surface area contributed by atoms with Gasteiger partial charge in [0.25, 0.3) is 5.56 Å². The van der Waals surface area contributed by atoms with Crippen molar-refractivity contribution in [2.45, 2.75) is 6.42 Å². The van der Waals surface area contributed by atoms with Crippen LogP contribution in [0.15, 0.2) is 28.0 Å². The van der Waals surface area contributed by atoms with E-state index in [9.17, 15) is 9.59 Å². The Hall–Kier alpha value is -2.11. The van der Waals surface area contributed by atoms with Crippen LogP contribution >= 0.6 is 0 Å². The van der Waals surface area contributed by atoms with Crippen LogP contribution < -0.4 is 11.2 Å². The molecule has 2 rings (SSSR count). The molecular formula is C8H8N4O2. The van der Waals surface area contributed by atoms with E-state index in [2.05, 4.69) is 19.9 Å². The first-order valence-electron chi connectivity index (χ1n) is 4.05. The molecule has 0 saturated heterocycles. The number of imidazole rings is 1. The number of hydrogen-bond donors (Lipinski definition) is 3. The summed E-state index contributed by atoms with van der Waals surface area (Å²) in [5, 5.41) is 0. The zero-order valence-electron chi connectivity index (χ0n) is 7.20. The monoisotopic (exact) mass is 192 g/mol. The number of H-pyrrole nitrogens is 3. The summed E-state index contributed by atoms with van der Waals surface area (Å²) in [7, 11) is 0. The van der Waals surface area contributed by atoms with Crippen LogP contribution in [0.2, 0.25) is 0 Å². The van der Waals surface area contributed by atoms with Crippen LogP contribution in [0.3, 0.4) is 0 Å². The van der Waals surface area contributed by atoms with Crippen molar-refractivity contribution in [2.24, 2.45) is 0 Å². The second-order valence-corrected chi connectivity index (χ2v) is 2.83. The highest BCUT2D eigenvalue weighted by Gasteiger charge is 2.00. The fourth-order valence-corrected chi connectivity index (χ4v) is 1.19. The van der Waals surface area contributed by atoms with E-state index in [0.29, 0.717) is 17.9 Å². The van der Waals surface area contributed by atoms with Gasteiger partial charge in [-0.3, -0.25) is 9.78 Å². The van der Waals surface area contributed by atoms with Crippen molar-refractivity contribution < 1.29 is 0 Å². The summed E-state index contributed by atoms with van der Waals surface area (Å²) < 4.78 is 0. The van der Waals surface area contributed by atoms with Crippen LogP contribution in [0.5, 0.6) is 0 Å². The molecule has 2 aromatic rings. The van der Waals surface area contributed by atoms with Gasteiger partial charge in [0.05, 0.1) is 0 Å². The van der Waals surface area contributed by atoms with Crippen molar-refractivity contribution in [3.63, 3.8) is 0 Å². The zero-order valence-corrected chi connectivity index (χ0v) is 7.20. The topological polar surface area (TPSA) is 94.4 Å². The molecule has 0 aliphatic rings. The van der Waals surface area contributed by atoms with Crippen molar-refractivity contribution in [2.75, 3.05) is 0 Å². The van der Waals surface area contributed by atoms with Gasteiger partial charge in [0.15, 0.2) is 0 Å². The molecule has 0 radical (unpaired) electrons. The molecule has 14 heavy (non-hydrogen) atoms. The van der Waals surface area contributed by atoms with Crippen molar-refractivity contribution in [1.82, 2.24) is 19.9 Å². The van der Waals surface area contributed by atoms with Gasteiger partial charge in [0, 0.05) is 30.6 Å². The van der Waals surface area contributed by atoms with Crippen LogP contribution in [0, 0.1) is 0 Å². The second-order valence-electron chi connectivity index (χ2n) is 2.83. The Morgan fingerprint density at radius 1 is 1.29 bits per heavy atom. The summed E-state index contributed by atoms with van der Waals surface area (Å²) in [6.45, 7) is 0. The zero-order chi connectivity index (χ0) is 9.97. The lowest BCUT2D eigenvalue weighted by Gasteiger charge is -1.95. The predicted octanol–water partition coefficient (Wildman–Crippen LogP) is -0.623. The number of hydrogen-bond acceptors (Lipinski definition) is 3. The number of aromatic amines is 3. The molecule has 0 aromatic carbocycles. The van der Waals surface area contributed by atoms with Gasteiger partial charge in [0.1, 0.15) is 5.82 Å². The van der Waals surface area contributed by atoms with E-state index in [1.165, 1.54) is 6.07 Å². The maximum Gasteiger partial charge on any atom is 0.325 e. The standard InChI is InChI=1S/C8H8N4O2/c13-7-4-5(11-8(14)12-7)3-6-9-1-2-10-6/h1-2,4H,3H2,(H,9,10)(H2,11,12,13,14). The van der Waals surface area contributed by atoms with Crippen molar-refractivity contribution in [3.05, 3.63) is 50.8 Å². The van der Waals surface area contributed by atoms with Gasteiger partial charge in [0.2, 0.25) is 0 Å². The van der Waals surface area contributed by atoms with E-state index in [1.807, 2.05) is 0 Å². The SMILES string of the molecule is O=c1cc(Cc2ncc[nH]2)[nH]c(=O)[nH]1. The van der Waals surface area contributed by atoms with Crippen LogP contribution in [-0.4, -0.2) is 19.9 Å². The van der Waals surface area contributed by atoms with Crippen molar-refractivity contribution in [1.29, 1.82) is 0 Å². The Bertz CT molecular complexity index is 495. The average molecular weight is 192 g/mol. The Kier molecular flexibility index (Phi) is 2.02. The molecule has 6 heteroatoms. The first-order chi connectivity index (χ1) is 6.74. The number of aromatic nitrogens is 4. The van der Waals surface area contributed by atoms with Crippen LogP contribution in [-0.2, 0) is 6.42 Å². The van der Waals surface area contributed by atoms with E-state index in [0.717, 1.165) is 0 Å². The third kappa shape index (κ3) is 1.79. The number of rotatable bonds is 2. The number of nitrogens with zero attached hydrogens (tertiary/aromatic N) is 1. The van der Waals surface area contributed by atoms with E-state index in [1.54, 1.807) is 12.4 Å². The highest BCUT2D eigenvalue weighted by molar-refractivity contribution is 5.06. The second kappa shape index (κ2) is 3.33. The smallest absolute Gasteiger partial charge is 0.325 e. The third-order valence-corrected chi connectivity index (χ3v) is 1.73. The van der Waals surface area contributed by atoms with E-state index in [-0.39, 0.29) is 0 Å². The minimum atomic E-state index is -0.501.